The molecule has 3 aromatic rings. The van der Waals surface area contributed by atoms with Crippen LogP contribution in [0.4, 0.5) is 11.5 Å². The van der Waals surface area contributed by atoms with Crippen molar-refractivity contribution in [2.75, 3.05) is 23.3 Å². The van der Waals surface area contributed by atoms with Gasteiger partial charge in [0.1, 0.15) is 17.6 Å². The van der Waals surface area contributed by atoms with E-state index >= 15 is 0 Å². The number of nitrogens with zero attached hydrogens (tertiary/aromatic N) is 4. The second kappa shape index (κ2) is 8.75. The molecule has 1 amide bonds. The van der Waals surface area contributed by atoms with Crippen molar-refractivity contribution in [3.63, 3.8) is 0 Å². The Bertz CT molecular complexity index is 1080. The highest BCUT2D eigenvalue weighted by molar-refractivity contribution is 6.04. The summed E-state index contributed by atoms with van der Waals surface area (Å²) in [4.78, 5) is 24.5. The molecule has 0 radical (unpaired) electrons. The van der Waals surface area contributed by atoms with Gasteiger partial charge in [-0.25, -0.2) is 9.97 Å². The molecule has 0 unspecified atom stereocenters. The lowest BCUT2D eigenvalue weighted by molar-refractivity contribution is 0.102. The first-order valence-electron chi connectivity index (χ1n) is 10.1. The fourth-order valence-electron chi connectivity index (χ4n) is 3.54. The molecule has 150 valence electrons. The zero-order chi connectivity index (χ0) is 20.9. The van der Waals surface area contributed by atoms with Gasteiger partial charge in [0.2, 0.25) is 0 Å². The highest BCUT2D eigenvalue weighted by Crippen LogP contribution is 2.25. The van der Waals surface area contributed by atoms with Crippen LogP contribution in [0.2, 0.25) is 0 Å². The van der Waals surface area contributed by atoms with Crippen molar-refractivity contribution >= 4 is 17.4 Å². The number of benzene rings is 2. The number of aromatic nitrogens is 2. The number of carbonyl (C=O) groups excluding carboxylic acids is 1. The van der Waals surface area contributed by atoms with Gasteiger partial charge in [0.05, 0.1) is 11.3 Å². The summed E-state index contributed by atoms with van der Waals surface area (Å²) in [6, 6.07) is 20.4. The van der Waals surface area contributed by atoms with Crippen LogP contribution >= 0.6 is 0 Å². The summed E-state index contributed by atoms with van der Waals surface area (Å²) >= 11 is 0. The van der Waals surface area contributed by atoms with Crippen molar-refractivity contribution in [2.45, 2.75) is 19.8 Å². The molecule has 0 spiro atoms. The van der Waals surface area contributed by atoms with Gasteiger partial charge in [-0.1, -0.05) is 49.4 Å². The van der Waals surface area contributed by atoms with E-state index in [-0.39, 0.29) is 11.6 Å². The van der Waals surface area contributed by atoms with Crippen LogP contribution in [0.5, 0.6) is 0 Å². The molecule has 6 nitrogen and oxygen atoms in total. The first-order chi connectivity index (χ1) is 14.6. The minimum Gasteiger partial charge on any atom is -0.356 e. The van der Waals surface area contributed by atoms with Crippen molar-refractivity contribution in [3.8, 4) is 17.5 Å². The number of hydrogen-bond acceptors (Lipinski definition) is 5. The Morgan fingerprint density at radius 1 is 1.07 bits per heavy atom. The summed E-state index contributed by atoms with van der Waals surface area (Å²) < 4.78 is 0. The number of anilines is 2. The van der Waals surface area contributed by atoms with Crippen molar-refractivity contribution in [1.82, 2.24) is 9.97 Å². The van der Waals surface area contributed by atoms with Gasteiger partial charge < -0.3 is 10.2 Å². The average Bonchev–Trinajstić information content (AvgIpc) is 2.80. The lowest BCUT2D eigenvalue weighted by Crippen LogP contribution is -2.33. The van der Waals surface area contributed by atoms with Gasteiger partial charge in [0.25, 0.3) is 5.91 Å². The molecule has 0 saturated carbocycles. The number of nitrogens with one attached hydrogen (secondary N) is 1. The Hall–Kier alpha value is -3.72. The third-order valence-corrected chi connectivity index (χ3v) is 5.38. The smallest absolute Gasteiger partial charge is 0.274 e. The van der Waals surface area contributed by atoms with Crippen molar-refractivity contribution in [3.05, 3.63) is 71.9 Å². The molecule has 0 aliphatic carbocycles. The second-order valence-electron chi connectivity index (χ2n) is 7.58. The summed E-state index contributed by atoms with van der Waals surface area (Å²) in [5.41, 5.74) is 2.02. The van der Waals surface area contributed by atoms with Crippen LogP contribution in [-0.2, 0) is 0 Å². The molecule has 1 aliphatic rings. The van der Waals surface area contributed by atoms with Gasteiger partial charge in [-0.15, -0.1) is 0 Å². The van der Waals surface area contributed by atoms with E-state index in [1.807, 2.05) is 30.3 Å². The Labute approximate surface area is 176 Å². The lowest BCUT2D eigenvalue weighted by Gasteiger charge is -2.31. The van der Waals surface area contributed by atoms with Gasteiger partial charge in [-0.05, 0) is 30.9 Å². The van der Waals surface area contributed by atoms with E-state index in [0.717, 1.165) is 37.3 Å². The zero-order valence-electron chi connectivity index (χ0n) is 16.9. The van der Waals surface area contributed by atoms with Crippen LogP contribution in [0.25, 0.3) is 11.4 Å². The predicted molar refractivity (Wildman–Crippen MR) is 117 cm³/mol. The van der Waals surface area contributed by atoms with Gasteiger partial charge in [0.15, 0.2) is 5.82 Å². The normalized spacial score (nSPS) is 14.2. The number of hydrogen-bond donors (Lipinski definition) is 1. The predicted octanol–water partition coefficient (Wildman–Crippen LogP) is 4.50. The van der Waals surface area contributed by atoms with E-state index in [0.29, 0.717) is 23.0 Å². The van der Waals surface area contributed by atoms with Crippen LogP contribution < -0.4 is 10.2 Å². The van der Waals surface area contributed by atoms with Crippen LogP contribution in [0.15, 0.2) is 60.7 Å². The van der Waals surface area contributed by atoms with Gasteiger partial charge >= 0.3 is 0 Å². The number of rotatable bonds is 4. The standard InChI is InChI=1S/C24H23N5O/c1-17-11-13-29(14-12-17)22-15-21(26-23(28-22)18-7-3-2-4-8-18)24(30)27-20-10-6-5-9-19(20)16-25/h2-10,15,17H,11-14H2,1H3,(H,27,30). The molecule has 1 saturated heterocycles. The molecule has 0 bridgehead atoms. The molecular weight excluding hydrogens is 374 g/mol. The maximum Gasteiger partial charge on any atom is 0.274 e. The monoisotopic (exact) mass is 397 g/mol. The van der Waals surface area contributed by atoms with Crippen molar-refractivity contribution in [1.29, 1.82) is 5.26 Å². The Morgan fingerprint density at radius 2 is 1.77 bits per heavy atom. The number of nitriles is 1. The molecule has 1 N–H and O–H groups in total. The number of para-hydroxylation sites is 1. The van der Waals surface area contributed by atoms with Crippen LogP contribution in [0.1, 0.15) is 35.8 Å². The Balaban J connectivity index is 1.70. The topological polar surface area (TPSA) is 81.9 Å². The maximum atomic E-state index is 13.0. The average molecular weight is 397 g/mol. The van der Waals surface area contributed by atoms with Crippen LogP contribution in [-0.4, -0.2) is 29.0 Å². The van der Waals surface area contributed by atoms with E-state index in [2.05, 4.69) is 28.2 Å². The molecule has 0 atom stereocenters. The molecule has 4 rings (SSSR count). The van der Waals surface area contributed by atoms with E-state index in [4.69, 9.17) is 4.98 Å². The van der Waals surface area contributed by atoms with Crippen molar-refractivity contribution < 1.29 is 4.79 Å². The highest BCUT2D eigenvalue weighted by Gasteiger charge is 2.21. The van der Waals surface area contributed by atoms with E-state index in [9.17, 15) is 10.1 Å². The summed E-state index contributed by atoms with van der Waals surface area (Å²) in [7, 11) is 0. The van der Waals surface area contributed by atoms with E-state index < -0.39 is 0 Å². The summed E-state index contributed by atoms with van der Waals surface area (Å²) in [5.74, 6) is 1.62. The first kappa shape index (κ1) is 19.6. The highest BCUT2D eigenvalue weighted by atomic mass is 16.1. The zero-order valence-corrected chi connectivity index (χ0v) is 16.9. The van der Waals surface area contributed by atoms with Gasteiger partial charge in [-0.3, -0.25) is 4.79 Å². The fourth-order valence-corrected chi connectivity index (χ4v) is 3.54. The maximum absolute atomic E-state index is 13.0. The largest absolute Gasteiger partial charge is 0.356 e. The van der Waals surface area contributed by atoms with Crippen molar-refractivity contribution in [2.24, 2.45) is 5.92 Å². The number of piperidine rings is 1. The Kier molecular flexibility index (Phi) is 5.71. The molecule has 1 aromatic heterocycles. The molecule has 30 heavy (non-hydrogen) atoms. The summed E-state index contributed by atoms with van der Waals surface area (Å²) in [6.07, 6.45) is 2.20. The third-order valence-electron chi connectivity index (χ3n) is 5.38. The van der Waals surface area contributed by atoms with Crippen LogP contribution in [0, 0.1) is 17.2 Å². The van der Waals surface area contributed by atoms with Gasteiger partial charge in [-0.2, -0.15) is 5.26 Å². The van der Waals surface area contributed by atoms with Gasteiger partial charge in [0, 0.05) is 24.7 Å². The van der Waals surface area contributed by atoms with Crippen LogP contribution in [0.3, 0.4) is 0 Å². The first-order valence-corrected chi connectivity index (χ1v) is 10.1. The Morgan fingerprint density at radius 3 is 2.50 bits per heavy atom. The molecular formula is C24H23N5O. The molecule has 2 aromatic carbocycles. The molecule has 2 heterocycles. The summed E-state index contributed by atoms with van der Waals surface area (Å²) in [5, 5.41) is 12.1. The molecule has 6 heteroatoms. The number of carbonyl (C=O) groups is 1. The molecule has 1 fully saturated rings. The fraction of sp³-hybridized carbons (Fsp3) is 0.250. The second-order valence-corrected chi connectivity index (χ2v) is 7.58. The molecule has 1 aliphatic heterocycles. The lowest BCUT2D eigenvalue weighted by atomic mass is 9.99. The van der Waals surface area contributed by atoms with E-state index in [1.165, 1.54) is 0 Å². The summed E-state index contributed by atoms with van der Waals surface area (Å²) in [6.45, 7) is 4.08. The van der Waals surface area contributed by atoms with E-state index in [1.54, 1.807) is 30.3 Å². The SMILES string of the molecule is CC1CCN(c2cc(C(=O)Nc3ccccc3C#N)nc(-c3ccccc3)n2)CC1. The number of amides is 1. The minimum absolute atomic E-state index is 0.283. The quantitative estimate of drug-likeness (QED) is 0.701. The minimum atomic E-state index is -0.357. The third kappa shape index (κ3) is 4.31.